The Kier molecular flexibility index (Phi) is 9.51. The highest BCUT2D eigenvalue weighted by atomic mass is 19.2. The molecule has 3 aromatic carbocycles. The number of nitrogens with one attached hydrogen (secondary N) is 2. The van der Waals surface area contributed by atoms with Crippen LogP contribution in [-0.2, 0) is 14.9 Å². The fourth-order valence-electron chi connectivity index (χ4n) is 6.13. The number of carbonyl (C=O) groups is 3. The van der Waals surface area contributed by atoms with E-state index in [9.17, 15) is 31.9 Å². The van der Waals surface area contributed by atoms with Gasteiger partial charge in [-0.3, -0.25) is 9.59 Å². The van der Waals surface area contributed by atoms with Gasteiger partial charge >= 0.3 is 5.97 Å². The molecule has 2 heterocycles. The van der Waals surface area contributed by atoms with Gasteiger partial charge in [0.25, 0.3) is 0 Å². The van der Waals surface area contributed by atoms with Crippen LogP contribution in [0.2, 0.25) is 0 Å². The monoisotopic (exact) mass is 620 g/mol. The maximum Gasteiger partial charge on any atom is 0.341 e. The van der Waals surface area contributed by atoms with Crippen molar-refractivity contribution in [2.24, 2.45) is 0 Å². The average Bonchev–Trinajstić information content (AvgIpc) is 3.34. The van der Waals surface area contributed by atoms with Crippen molar-refractivity contribution in [2.45, 2.75) is 50.9 Å². The molecule has 4 aromatic rings. The van der Waals surface area contributed by atoms with Crippen molar-refractivity contribution in [3.05, 3.63) is 113 Å². The Bertz CT molecular complexity index is 1730. The van der Waals surface area contributed by atoms with E-state index in [4.69, 9.17) is 4.74 Å². The number of halogens is 4. The third-order valence-electron chi connectivity index (χ3n) is 8.29. The van der Waals surface area contributed by atoms with E-state index < -0.39 is 34.7 Å². The van der Waals surface area contributed by atoms with Crippen LogP contribution in [0.25, 0.3) is 16.5 Å². The van der Waals surface area contributed by atoms with Gasteiger partial charge in [0.2, 0.25) is 0 Å². The van der Waals surface area contributed by atoms with Crippen molar-refractivity contribution in [1.29, 1.82) is 0 Å². The molecule has 0 amide bonds. The lowest BCUT2D eigenvalue weighted by Crippen LogP contribution is -2.36. The molecule has 6 nitrogen and oxygen atoms in total. The molecule has 2 N–H and O–H groups in total. The molecule has 0 atom stereocenters. The van der Waals surface area contributed by atoms with Crippen LogP contribution in [0.3, 0.4) is 0 Å². The molecule has 234 valence electrons. The van der Waals surface area contributed by atoms with E-state index in [0.717, 1.165) is 40.7 Å². The molecule has 0 saturated heterocycles. The Morgan fingerprint density at radius 2 is 1.38 bits per heavy atom. The minimum atomic E-state index is -1.10. The second-order valence-electron chi connectivity index (χ2n) is 11.2. The fourth-order valence-corrected chi connectivity index (χ4v) is 6.13. The number of hydrogen-bond acceptors (Lipinski definition) is 5. The van der Waals surface area contributed by atoms with Gasteiger partial charge in [-0.15, -0.1) is 0 Å². The van der Waals surface area contributed by atoms with Crippen LogP contribution < -0.4 is 5.32 Å². The van der Waals surface area contributed by atoms with Gasteiger partial charge in [0, 0.05) is 53.0 Å². The number of fused-ring (bicyclic) bond motifs is 3. The Morgan fingerprint density at radius 1 is 0.800 bits per heavy atom. The summed E-state index contributed by atoms with van der Waals surface area (Å²) in [6.45, 7) is 2.24. The molecule has 5 rings (SSSR count). The number of hydrogen-bond donors (Lipinski definition) is 2. The summed E-state index contributed by atoms with van der Waals surface area (Å²) in [5, 5.41) is 4.12. The topological polar surface area (TPSA) is 88.3 Å². The van der Waals surface area contributed by atoms with Crippen molar-refractivity contribution < 1.29 is 36.7 Å². The van der Waals surface area contributed by atoms with Gasteiger partial charge in [0.15, 0.2) is 34.8 Å². The predicted octanol–water partition coefficient (Wildman–Crippen LogP) is 7.58. The second kappa shape index (κ2) is 13.5. The number of esters is 1. The van der Waals surface area contributed by atoms with Gasteiger partial charge in [-0.1, -0.05) is 18.2 Å². The largest absolute Gasteiger partial charge is 0.462 e. The number of ketones is 2. The summed E-state index contributed by atoms with van der Waals surface area (Å²) >= 11 is 0. The zero-order chi connectivity index (χ0) is 32.1. The van der Waals surface area contributed by atoms with E-state index in [-0.39, 0.29) is 42.1 Å². The first-order chi connectivity index (χ1) is 21.6. The first-order valence-electron chi connectivity index (χ1n) is 14.8. The third kappa shape index (κ3) is 6.69. The fraction of sp³-hybridized carbons (Fsp3) is 0.286. The minimum absolute atomic E-state index is 0.0520. The zero-order valence-corrected chi connectivity index (χ0v) is 24.7. The molecule has 0 fully saturated rings. The van der Waals surface area contributed by atoms with E-state index in [2.05, 4.69) is 10.3 Å². The lowest BCUT2D eigenvalue weighted by Gasteiger charge is -2.34. The quantitative estimate of drug-likeness (QED) is 0.0969. The normalized spacial score (nSPS) is 13.8. The molecular weight excluding hydrogens is 588 g/mol. The molecule has 0 unspecified atom stereocenters. The smallest absolute Gasteiger partial charge is 0.341 e. The van der Waals surface area contributed by atoms with E-state index in [1.807, 2.05) is 24.3 Å². The van der Waals surface area contributed by atoms with Crippen molar-refractivity contribution in [3.63, 3.8) is 0 Å². The molecule has 0 saturated carbocycles. The van der Waals surface area contributed by atoms with Crippen LogP contribution in [0.5, 0.6) is 0 Å². The molecule has 10 heteroatoms. The van der Waals surface area contributed by atoms with Crippen LogP contribution in [0.4, 0.5) is 17.6 Å². The zero-order valence-electron chi connectivity index (χ0n) is 24.7. The highest BCUT2D eigenvalue weighted by Gasteiger charge is 2.40. The number of aromatic nitrogens is 1. The van der Waals surface area contributed by atoms with Gasteiger partial charge in [-0.25, -0.2) is 22.4 Å². The van der Waals surface area contributed by atoms with Crippen LogP contribution in [0.1, 0.15) is 77.4 Å². The van der Waals surface area contributed by atoms with Crippen LogP contribution in [-0.4, -0.2) is 35.7 Å². The van der Waals surface area contributed by atoms with Crippen molar-refractivity contribution in [1.82, 2.24) is 10.3 Å². The average molecular weight is 621 g/mol. The molecule has 45 heavy (non-hydrogen) atoms. The Hall–Kier alpha value is -4.73. The summed E-state index contributed by atoms with van der Waals surface area (Å²) in [6.07, 6.45) is 3.32. The SMILES string of the molecule is CCOC(=O)C1=CNCC(CCCC(=O)c2ccc(F)c(F)c2)(CCCC(=O)c2ccc(F)c(F)c2)c2c1[nH]c1ccccc21. The summed E-state index contributed by atoms with van der Waals surface area (Å²) in [6, 6.07) is 13.7. The molecule has 1 aliphatic heterocycles. The lowest BCUT2D eigenvalue weighted by molar-refractivity contribution is -0.136. The van der Waals surface area contributed by atoms with E-state index in [1.165, 1.54) is 12.1 Å². The molecule has 0 bridgehead atoms. The molecule has 0 spiro atoms. The number of H-pyrrole nitrogens is 1. The van der Waals surface area contributed by atoms with Gasteiger partial charge in [-0.05, 0) is 80.6 Å². The highest BCUT2D eigenvalue weighted by molar-refractivity contribution is 6.18. The summed E-state index contributed by atoms with van der Waals surface area (Å²) in [5.41, 5.74) is 1.93. The van der Waals surface area contributed by atoms with Gasteiger partial charge < -0.3 is 15.0 Å². The molecule has 0 radical (unpaired) electrons. The number of ether oxygens (including phenoxy) is 1. The van der Waals surface area contributed by atoms with Gasteiger partial charge in [0.1, 0.15) is 0 Å². The van der Waals surface area contributed by atoms with E-state index in [1.54, 1.807) is 13.1 Å². The van der Waals surface area contributed by atoms with Crippen molar-refractivity contribution >= 4 is 34.0 Å². The van der Waals surface area contributed by atoms with Crippen LogP contribution in [0, 0.1) is 23.3 Å². The lowest BCUT2D eigenvalue weighted by atomic mass is 9.71. The Balaban J connectivity index is 1.48. The van der Waals surface area contributed by atoms with Crippen molar-refractivity contribution in [3.8, 4) is 0 Å². The summed E-state index contributed by atoms with van der Waals surface area (Å²) in [7, 11) is 0. The first kappa shape index (κ1) is 31.7. The number of benzene rings is 3. The summed E-state index contributed by atoms with van der Waals surface area (Å²) in [4.78, 5) is 42.4. The summed E-state index contributed by atoms with van der Waals surface area (Å²) < 4.78 is 59.9. The molecule has 0 aliphatic carbocycles. The Labute approximate surface area is 257 Å². The predicted molar refractivity (Wildman–Crippen MR) is 162 cm³/mol. The number of Topliss-reactive ketones (excluding diaryl/α,β-unsaturated/α-hetero) is 2. The van der Waals surface area contributed by atoms with Gasteiger partial charge in [-0.2, -0.15) is 0 Å². The summed E-state index contributed by atoms with van der Waals surface area (Å²) in [5.74, 6) is -5.48. The van der Waals surface area contributed by atoms with E-state index in [0.29, 0.717) is 43.5 Å². The maximum atomic E-state index is 13.8. The third-order valence-corrected chi connectivity index (χ3v) is 8.29. The second-order valence-corrected chi connectivity index (χ2v) is 11.2. The first-order valence-corrected chi connectivity index (χ1v) is 14.8. The number of aromatic amines is 1. The number of para-hydroxylation sites is 1. The van der Waals surface area contributed by atoms with Crippen molar-refractivity contribution in [2.75, 3.05) is 13.2 Å². The Morgan fingerprint density at radius 3 is 1.93 bits per heavy atom. The van der Waals surface area contributed by atoms with E-state index >= 15 is 0 Å². The molecular formula is C35H32F4N2O4. The number of rotatable bonds is 12. The van der Waals surface area contributed by atoms with Gasteiger partial charge in [0.05, 0.1) is 17.9 Å². The molecule has 1 aromatic heterocycles. The highest BCUT2D eigenvalue weighted by Crippen LogP contribution is 2.44. The van der Waals surface area contributed by atoms with Crippen LogP contribution >= 0.6 is 0 Å². The standard InChI is InChI=1S/C35H32F4N2O4/c1-2-45-34(44)24-19-40-20-35(32-23-7-3-4-8-29(23)41-33(24)32,15-5-9-30(42)21-11-13-25(36)27(38)17-21)16-6-10-31(43)22-12-14-26(37)28(39)18-22/h3-4,7-8,11-14,17-19,40-41H,2,5-6,9-10,15-16,20H2,1H3. The minimum Gasteiger partial charge on any atom is -0.462 e. The van der Waals surface area contributed by atoms with Crippen LogP contribution in [0.15, 0.2) is 66.9 Å². The number of carbonyl (C=O) groups excluding carboxylic acids is 3. The molecule has 1 aliphatic rings. The maximum absolute atomic E-state index is 13.8.